The van der Waals surface area contributed by atoms with E-state index in [1.54, 1.807) is 48.5 Å². The number of likely N-dealkylation sites (tertiary alicyclic amines) is 2. The molecule has 11 rings (SSSR count). The van der Waals surface area contributed by atoms with E-state index in [2.05, 4.69) is 48.7 Å². The number of benzene rings is 3. The maximum absolute atomic E-state index is 13.5. The van der Waals surface area contributed by atoms with Crippen molar-refractivity contribution >= 4 is 63.3 Å². The van der Waals surface area contributed by atoms with Crippen LogP contribution in [0.15, 0.2) is 97.5 Å². The Hall–Kier alpha value is -7.60. The van der Waals surface area contributed by atoms with Gasteiger partial charge >= 0.3 is 0 Å². The number of nitrogens with one attached hydrogen (secondary N) is 4. The van der Waals surface area contributed by atoms with Gasteiger partial charge in [0.2, 0.25) is 23.6 Å². The number of nitrogens with zero attached hydrogens (tertiary/aromatic N) is 6. The summed E-state index contributed by atoms with van der Waals surface area (Å²) in [7, 11) is 1.67. The molecule has 5 fully saturated rings. The number of methoxy groups -OCH3 is 1. The number of piperidine rings is 2. The summed E-state index contributed by atoms with van der Waals surface area (Å²) in [6, 6.07) is 20.0. The Bertz CT molecular complexity index is 2960. The molecular weight excluding hydrogens is 908 g/mol. The van der Waals surface area contributed by atoms with Gasteiger partial charge in [-0.15, -0.1) is 0 Å². The number of halogens is 1. The number of hydrogen-bond acceptors (Lipinski definition) is 12. The fourth-order valence-electron chi connectivity index (χ4n) is 11.0. The summed E-state index contributed by atoms with van der Waals surface area (Å²) in [5.41, 5.74) is 3.47. The van der Waals surface area contributed by atoms with Crippen molar-refractivity contribution in [1.29, 1.82) is 0 Å². The Morgan fingerprint density at radius 1 is 0.887 bits per heavy atom. The SMILES string of the molecule is C=C1CCC(N2Cc3cc(NCC(=O)N4C[C@@H]5C[C@H]4CN5CC4CCN(c5cc6nccc(Oc7ccc(NC(=O)C8(C(=O)Nc9ccc(F)cc9)CC8)cc7)c6cc5OC)CC4)ncc3C2=O)C(=O)N1. The third-order valence-corrected chi connectivity index (χ3v) is 15.1. The molecule has 5 amide bonds. The number of carbonyl (C=O) groups excluding carboxylic acids is 5. The summed E-state index contributed by atoms with van der Waals surface area (Å²) in [5.74, 6) is 1.34. The van der Waals surface area contributed by atoms with Crippen molar-refractivity contribution in [3.8, 4) is 17.2 Å². The highest BCUT2D eigenvalue weighted by Crippen LogP contribution is 2.48. The molecule has 1 unspecified atom stereocenters. The van der Waals surface area contributed by atoms with Gasteiger partial charge in [0.05, 0.1) is 30.4 Å². The highest BCUT2D eigenvalue weighted by molar-refractivity contribution is 6.17. The van der Waals surface area contributed by atoms with Crippen LogP contribution in [0.4, 0.5) is 27.3 Å². The van der Waals surface area contributed by atoms with Crippen LogP contribution in [0, 0.1) is 17.2 Å². The summed E-state index contributed by atoms with van der Waals surface area (Å²) in [6.07, 6.45) is 8.30. The van der Waals surface area contributed by atoms with E-state index in [1.165, 1.54) is 30.5 Å². The lowest BCUT2D eigenvalue weighted by atomic mass is 9.95. The van der Waals surface area contributed by atoms with Gasteiger partial charge in [0.15, 0.2) is 0 Å². The molecule has 7 heterocycles. The van der Waals surface area contributed by atoms with Crippen molar-refractivity contribution in [3.05, 3.63) is 114 Å². The molecule has 2 bridgehead atoms. The number of anilines is 4. The summed E-state index contributed by atoms with van der Waals surface area (Å²) in [4.78, 5) is 83.2. The number of carbonyl (C=O) groups is 5. The summed E-state index contributed by atoms with van der Waals surface area (Å²) in [6.45, 7) is 8.60. The van der Waals surface area contributed by atoms with Crippen LogP contribution >= 0.6 is 0 Å². The highest BCUT2D eigenvalue weighted by atomic mass is 19.1. The van der Waals surface area contributed by atoms with Crippen LogP contribution in [0.25, 0.3) is 10.9 Å². The Morgan fingerprint density at radius 2 is 1.62 bits per heavy atom. The molecule has 2 aromatic heterocycles. The summed E-state index contributed by atoms with van der Waals surface area (Å²) in [5, 5.41) is 12.3. The predicted molar refractivity (Wildman–Crippen MR) is 263 cm³/mol. The van der Waals surface area contributed by atoms with Gasteiger partial charge in [-0.3, -0.25) is 33.9 Å². The topological polar surface area (TPSA) is 191 Å². The highest BCUT2D eigenvalue weighted by Gasteiger charge is 2.56. The third kappa shape index (κ3) is 9.07. The number of amides is 5. The quantitative estimate of drug-likeness (QED) is 0.0913. The number of piperazine rings is 1. The fourth-order valence-corrected chi connectivity index (χ4v) is 11.0. The van der Waals surface area contributed by atoms with Gasteiger partial charge in [-0.1, -0.05) is 6.58 Å². The first-order valence-corrected chi connectivity index (χ1v) is 24.4. The number of aromatic nitrogens is 2. The van der Waals surface area contributed by atoms with E-state index in [0.717, 1.165) is 73.3 Å². The molecule has 0 radical (unpaired) electrons. The lowest BCUT2D eigenvalue weighted by Gasteiger charge is -2.39. The van der Waals surface area contributed by atoms with Crippen molar-refractivity contribution < 1.29 is 37.8 Å². The summed E-state index contributed by atoms with van der Waals surface area (Å²) < 4.78 is 25.6. The van der Waals surface area contributed by atoms with Gasteiger partial charge in [0.1, 0.15) is 40.3 Å². The van der Waals surface area contributed by atoms with E-state index in [1.807, 2.05) is 17.0 Å². The molecule has 18 heteroatoms. The first-order valence-electron chi connectivity index (χ1n) is 24.4. The molecule has 366 valence electrons. The number of allylic oxidation sites excluding steroid dienone is 1. The van der Waals surface area contributed by atoms with Crippen LogP contribution < -0.4 is 35.6 Å². The maximum Gasteiger partial charge on any atom is 0.256 e. The second-order valence-corrected chi connectivity index (χ2v) is 19.6. The Kier molecular flexibility index (Phi) is 12.0. The zero-order valence-corrected chi connectivity index (χ0v) is 39.4. The minimum Gasteiger partial charge on any atom is -0.495 e. The largest absolute Gasteiger partial charge is 0.495 e. The molecule has 6 aliphatic rings. The number of hydrogen-bond donors (Lipinski definition) is 4. The van der Waals surface area contributed by atoms with Gasteiger partial charge in [-0.2, -0.15) is 0 Å². The standard InChI is InChI=1S/C53H55FN10O7/c1-31-3-12-43(49(66)58-31)64-28-33-21-47(56-25-41(33)50(64)67)57-26-48(65)63-30-37-22-38(63)29-62(37)27-32-14-19-61(20-15-32)44-24-42-40(23-46(44)70-2)45(13-18-55-42)71-39-10-8-36(9-11-39)60-52(69)53(16-17-53)51(68)59-35-6-4-34(54)5-7-35/h4-11,13,18,21,23-25,32,37-38,43H,1,3,12,14-17,19-20,22,26-30H2,2H3,(H,56,57)(H,58,66)(H,59,68)(H,60,69)/t37-,38-,43?/m0/s1. The minimum atomic E-state index is -1.18. The van der Waals surface area contributed by atoms with Crippen molar-refractivity contribution in [2.24, 2.45) is 11.3 Å². The van der Waals surface area contributed by atoms with E-state index in [0.29, 0.717) is 90.7 Å². The zero-order chi connectivity index (χ0) is 49.0. The van der Waals surface area contributed by atoms with Crippen LogP contribution in [0.5, 0.6) is 17.2 Å². The smallest absolute Gasteiger partial charge is 0.256 e. The molecule has 1 saturated carbocycles. The first kappa shape index (κ1) is 45.8. The fraction of sp³-hybridized carbons (Fsp3) is 0.377. The third-order valence-electron chi connectivity index (χ3n) is 15.1. The van der Waals surface area contributed by atoms with E-state index in [-0.39, 0.29) is 30.3 Å². The lowest BCUT2D eigenvalue weighted by molar-refractivity contribution is -0.132. The monoisotopic (exact) mass is 962 g/mol. The van der Waals surface area contributed by atoms with Crippen LogP contribution in [-0.4, -0.2) is 119 Å². The average Bonchev–Trinajstić information content (AvgIpc) is 3.82. The van der Waals surface area contributed by atoms with Crippen LogP contribution in [-0.2, 0) is 25.7 Å². The van der Waals surface area contributed by atoms with Crippen LogP contribution in [0.1, 0.15) is 60.9 Å². The molecule has 17 nitrogen and oxygen atoms in total. The molecule has 5 aromatic rings. The van der Waals surface area contributed by atoms with Crippen molar-refractivity contribution in [2.75, 3.05) is 67.2 Å². The molecule has 5 aliphatic heterocycles. The lowest BCUT2D eigenvalue weighted by Crippen LogP contribution is -2.51. The van der Waals surface area contributed by atoms with Crippen molar-refractivity contribution in [2.45, 2.75) is 69.6 Å². The molecule has 1 aliphatic carbocycles. The van der Waals surface area contributed by atoms with Crippen molar-refractivity contribution in [1.82, 2.24) is 30.0 Å². The van der Waals surface area contributed by atoms with E-state index in [4.69, 9.17) is 14.5 Å². The van der Waals surface area contributed by atoms with Crippen molar-refractivity contribution in [3.63, 3.8) is 0 Å². The van der Waals surface area contributed by atoms with Gasteiger partial charge in [0.25, 0.3) is 5.91 Å². The van der Waals surface area contributed by atoms with Gasteiger partial charge in [0, 0.05) is 86.2 Å². The molecule has 4 N–H and O–H groups in total. The second kappa shape index (κ2) is 18.6. The number of rotatable bonds is 14. The van der Waals surface area contributed by atoms with Gasteiger partial charge in [-0.25, -0.2) is 9.37 Å². The molecule has 3 aromatic carbocycles. The Balaban J connectivity index is 0.647. The van der Waals surface area contributed by atoms with Crippen LogP contribution in [0.2, 0.25) is 0 Å². The summed E-state index contributed by atoms with van der Waals surface area (Å²) >= 11 is 0. The minimum absolute atomic E-state index is 0.0384. The molecule has 71 heavy (non-hydrogen) atoms. The number of pyridine rings is 2. The molecule has 4 saturated heterocycles. The first-order chi connectivity index (χ1) is 34.4. The number of fused-ring (bicyclic) bond motifs is 4. The maximum atomic E-state index is 13.5. The zero-order valence-electron chi connectivity index (χ0n) is 39.4. The van der Waals surface area contributed by atoms with E-state index in [9.17, 15) is 28.4 Å². The van der Waals surface area contributed by atoms with Gasteiger partial charge < -0.3 is 45.4 Å². The molecule has 0 spiro atoms. The Labute approximate surface area is 409 Å². The molecular formula is C53H55FN10O7. The second-order valence-electron chi connectivity index (χ2n) is 19.6. The van der Waals surface area contributed by atoms with E-state index < -0.39 is 29.1 Å². The van der Waals surface area contributed by atoms with Gasteiger partial charge in [-0.05, 0) is 129 Å². The number of ether oxygens (including phenoxy) is 2. The average molecular weight is 963 g/mol. The normalized spacial score (nSPS) is 21.5. The molecule has 3 atom stereocenters. The van der Waals surface area contributed by atoms with Crippen LogP contribution in [0.3, 0.4) is 0 Å². The Morgan fingerprint density at radius 3 is 2.30 bits per heavy atom. The predicted octanol–water partition coefficient (Wildman–Crippen LogP) is 6.29. The van der Waals surface area contributed by atoms with E-state index >= 15 is 0 Å².